The number of alkyl halides is 1. The molecule has 1 amide bonds. The van der Waals surface area contributed by atoms with Gasteiger partial charge in [0.15, 0.2) is 0 Å². The lowest BCUT2D eigenvalue weighted by molar-refractivity contribution is -0.127. The van der Waals surface area contributed by atoms with Gasteiger partial charge in [0.05, 0.1) is 4.83 Å². The molecule has 1 rings (SSSR count). The molecular weight excluding hydrogens is 242 g/mol. The lowest BCUT2D eigenvalue weighted by Gasteiger charge is -2.15. The van der Waals surface area contributed by atoms with Crippen LogP contribution in [0, 0.1) is 5.92 Å². The van der Waals surface area contributed by atoms with Crippen LogP contribution in [0.1, 0.15) is 39.5 Å². The van der Waals surface area contributed by atoms with E-state index >= 15 is 0 Å². The number of hydrogen-bond donors (Lipinski definition) is 0. The van der Waals surface area contributed by atoms with Gasteiger partial charge in [-0.05, 0) is 18.8 Å². The molecule has 82 valence electrons. The van der Waals surface area contributed by atoms with Gasteiger partial charge in [-0.1, -0.05) is 42.6 Å². The standard InChI is InChI=1S/C11H20BrNO/c1-9(2)5-3-4-7-13-8-6-10(12)11(13)14/h9-10H,3-8H2,1-2H3. The highest BCUT2D eigenvalue weighted by atomic mass is 79.9. The van der Waals surface area contributed by atoms with Crippen molar-refractivity contribution in [2.75, 3.05) is 13.1 Å². The van der Waals surface area contributed by atoms with Crippen molar-refractivity contribution in [1.82, 2.24) is 4.90 Å². The van der Waals surface area contributed by atoms with Gasteiger partial charge in [0.25, 0.3) is 0 Å². The van der Waals surface area contributed by atoms with E-state index in [0.29, 0.717) is 0 Å². The van der Waals surface area contributed by atoms with Crippen LogP contribution in [0.2, 0.25) is 0 Å². The number of unbranched alkanes of at least 4 members (excludes halogenated alkanes) is 1. The van der Waals surface area contributed by atoms with Crippen LogP contribution < -0.4 is 0 Å². The van der Waals surface area contributed by atoms with E-state index in [9.17, 15) is 4.79 Å². The Labute approximate surface area is 95.2 Å². The van der Waals surface area contributed by atoms with Gasteiger partial charge in [0.2, 0.25) is 5.91 Å². The summed E-state index contributed by atoms with van der Waals surface area (Å²) in [5, 5.41) is 0. The molecule has 0 aromatic carbocycles. The molecule has 0 spiro atoms. The molecule has 1 fully saturated rings. The zero-order chi connectivity index (χ0) is 10.6. The van der Waals surface area contributed by atoms with Crippen molar-refractivity contribution in [2.24, 2.45) is 5.92 Å². The van der Waals surface area contributed by atoms with E-state index in [0.717, 1.165) is 31.8 Å². The second-order valence-corrected chi connectivity index (χ2v) is 5.58. The minimum Gasteiger partial charge on any atom is -0.342 e. The summed E-state index contributed by atoms with van der Waals surface area (Å²) >= 11 is 3.39. The molecule has 1 atom stereocenters. The van der Waals surface area contributed by atoms with Crippen molar-refractivity contribution >= 4 is 21.8 Å². The summed E-state index contributed by atoms with van der Waals surface area (Å²) in [5.41, 5.74) is 0. The molecule has 1 unspecified atom stereocenters. The summed E-state index contributed by atoms with van der Waals surface area (Å²) < 4.78 is 0. The molecule has 0 bridgehead atoms. The van der Waals surface area contributed by atoms with Crippen LogP contribution in [0.15, 0.2) is 0 Å². The molecule has 3 heteroatoms. The molecule has 1 aliphatic rings. The summed E-state index contributed by atoms with van der Waals surface area (Å²) in [6.45, 7) is 6.38. The highest BCUT2D eigenvalue weighted by Gasteiger charge is 2.28. The number of hydrogen-bond acceptors (Lipinski definition) is 1. The highest BCUT2D eigenvalue weighted by Crippen LogP contribution is 2.19. The van der Waals surface area contributed by atoms with Crippen LogP contribution >= 0.6 is 15.9 Å². The molecule has 0 N–H and O–H groups in total. The minimum atomic E-state index is 0.0904. The molecule has 0 aliphatic carbocycles. The van der Waals surface area contributed by atoms with Crippen LogP contribution in [0.5, 0.6) is 0 Å². The number of likely N-dealkylation sites (tertiary alicyclic amines) is 1. The van der Waals surface area contributed by atoms with Crippen molar-refractivity contribution in [3.8, 4) is 0 Å². The Bertz CT molecular complexity index is 194. The van der Waals surface area contributed by atoms with E-state index in [2.05, 4.69) is 29.8 Å². The predicted molar refractivity (Wildman–Crippen MR) is 62.6 cm³/mol. The number of amides is 1. The van der Waals surface area contributed by atoms with E-state index in [1.165, 1.54) is 12.8 Å². The lowest BCUT2D eigenvalue weighted by atomic mass is 10.1. The Kier molecular flexibility index (Phi) is 4.93. The third kappa shape index (κ3) is 3.60. The van der Waals surface area contributed by atoms with Crippen molar-refractivity contribution in [1.29, 1.82) is 0 Å². The van der Waals surface area contributed by atoms with Gasteiger partial charge < -0.3 is 4.90 Å². The third-order valence-electron chi connectivity index (χ3n) is 2.69. The van der Waals surface area contributed by atoms with Crippen molar-refractivity contribution in [3.05, 3.63) is 0 Å². The second kappa shape index (κ2) is 5.74. The highest BCUT2D eigenvalue weighted by molar-refractivity contribution is 9.10. The van der Waals surface area contributed by atoms with Crippen LogP contribution in [-0.4, -0.2) is 28.7 Å². The Morgan fingerprint density at radius 3 is 2.71 bits per heavy atom. The molecule has 1 saturated heterocycles. The molecule has 0 aromatic rings. The molecular formula is C11H20BrNO. The Balaban J connectivity index is 2.10. The van der Waals surface area contributed by atoms with E-state index in [1.807, 2.05) is 4.90 Å². The fourth-order valence-electron chi connectivity index (χ4n) is 1.78. The summed E-state index contributed by atoms with van der Waals surface area (Å²) in [6.07, 6.45) is 4.65. The number of nitrogens with zero attached hydrogens (tertiary/aromatic N) is 1. The van der Waals surface area contributed by atoms with Gasteiger partial charge in [-0.25, -0.2) is 0 Å². The number of halogens is 1. The summed E-state index contributed by atoms with van der Waals surface area (Å²) in [7, 11) is 0. The van der Waals surface area contributed by atoms with Crippen molar-refractivity contribution < 1.29 is 4.79 Å². The summed E-state index contributed by atoms with van der Waals surface area (Å²) in [6, 6.07) is 0. The smallest absolute Gasteiger partial charge is 0.236 e. The molecule has 0 aromatic heterocycles. The Morgan fingerprint density at radius 2 is 2.21 bits per heavy atom. The van der Waals surface area contributed by atoms with E-state index in [4.69, 9.17) is 0 Å². The fourth-order valence-corrected chi connectivity index (χ4v) is 2.27. The Morgan fingerprint density at radius 1 is 1.50 bits per heavy atom. The average Bonchev–Trinajstić information content (AvgIpc) is 2.43. The van der Waals surface area contributed by atoms with Gasteiger partial charge in [0, 0.05) is 13.1 Å². The molecule has 0 radical (unpaired) electrons. The predicted octanol–water partition coefficient (Wildman–Crippen LogP) is 2.81. The first-order valence-electron chi connectivity index (χ1n) is 5.54. The average molecular weight is 262 g/mol. The first kappa shape index (κ1) is 12.0. The largest absolute Gasteiger partial charge is 0.342 e. The minimum absolute atomic E-state index is 0.0904. The first-order valence-corrected chi connectivity index (χ1v) is 6.45. The molecule has 2 nitrogen and oxygen atoms in total. The maximum Gasteiger partial charge on any atom is 0.236 e. The fraction of sp³-hybridized carbons (Fsp3) is 0.909. The Hall–Kier alpha value is -0.0500. The molecule has 1 heterocycles. The van der Waals surface area contributed by atoms with Gasteiger partial charge in [-0.15, -0.1) is 0 Å². The third-order valence-corrected chi connectivity index (χ3v) is 3.54. The van der Waals surface area contributed by atoms with E-state index in [1.54, 1.807) is 0 Å². The number of rotatable bonds is 5. The summed E-state index contributed by atoms with van der Waals surface area (Å²) in [4.78, 5) is 13.6. The first-order chi connectivity index (χ1) is 6.61. The second-order valence-electron chi connectivity index (χ2n) is 4.47. The maximum absolute atomic E-state index is 11.5. The van der Waals surface area contributed by atoms with Gasteiger partial charge >= 0.3 is 0 Å². The zero-order valence-corrected chi connectivity index (χ0v) is 10.7. The van der Waals surface area contributed by atoms with Crippen molar-refractivity contribution in [2.45, 2.75) is 44.4 Å². The lowest BCUT2D eigenvalue weighted by Crippen LogP contribution is -2.28. The topological polar surface area (TPSA) is 20.3 Å². The SMILES string of the molecule is CC(C)CCCCN1CCC(Br)C1=O. The molecule has 14 heavy (non-hydrogen) atoms. The monoisotopic (exact) mass is 261 g/mol. The maximum atomic E-state index is 11.5. The molecule has 1 aliphatic heterocycles. The zero-order valence-electron chi connectivity index (χ0n) is 9.13. The van der Waals surface area contributed by atoms with Crippen molar-refractivity contribution in [3.63, 3.8) is 0 Å². The van der Waals surface area contributed by atoms with E-state index < -0.39 is 0 Å². The number of carbonyl (C=O) groups excluding carboxylic acids is 1. The van der Waals surface area contributed by atoms with Gasteiger partial charge in [-0.3, -0.25) is 4.79 Å². The summed E-state index contributed by atoms with van der Waals surface area (Å²) in [5.74, 6) is 1.07. The van der Waals surface area contributed by atoms with Gasteiger partial charge in [-0.2, -0.15) is 0 Å². The quantitative estimate of drug-likeness (QED) is 0.551. The van der Waals surface area contributed by atoms with E-state index in [-0.39, 0.29) is 10.7 Å². The van der Waals surface area contributed by atoms with Gasteiger partial charge in [0.1, 0.15) is 0 Å². The van der Waals surface area contributed by atoms with Crippen LogP contribution in [0.4, 0.5) is 0 Å². The van der Waals surface area contributed by atoms with Crippen LogP contribution in [0.3, 0.4) is 0 Å². The molecule has 0 saturated carbocycles. The normalized spacial score (nSPS) is 22.4. The number of carbonyl (C=O) groups is 1. The van der Waals surface area contributed by atoms with Crippen LogP contribution in [-0.2, 0) is 4.79 Å². The van der Waals surface area contributed by atoms with Crippen LogP contribution in [0.25, 0.3) is 0 Å².